The fourth-order valence-corrected chi connectivity index (χ4v) is 2.23. The highest BCUT2D eigenvalue weighted by atomic mass is 19.4. The molecule has 144 valence electrons. The third kappa shape index (κ3) is 4.66. The molecule has 1 aliphatic rings. The topological polar surface area (TPSA) is 65.1 Å². The quantitative estimate of drug-likeness (QED) is 0.584. The third-order valence-electron chi connectivity index (χ3n) is 3.30. The number of benzene rings is 1. The molecular formula is C17H13F4NO5. The van der Waals surface area contributed by atoms with E-state index in [1.54, 1.807) is 0 Å². The van der Waals surface area contributed by atoms with Gasteiger partial charge in [0.25, 0.3) is 0 Å². The molecule has 0 fully saturated rings. The molecule has 0 saturated heterocycles. The molecule has 0 aliphatic carbocycles. The lowest BCUT2D eigenvalue weighted by molar-refractivity contribution is -0.274. The number of alkyl halides is 3. The smallest absolute Gasteiger partial charge is 0.465 e. The van der Waals surface area contributed by atoms with Crippen LogP contribution in [0.5, 0.6) is 5.75 Å². The lowest BCUT2D eigenvalue weighted by Gasteiger charge is -2.24. The second kappa shape index (κ2) is 7.94. The monoisotopic (exact) mass is 387 g/mol. The lowest BCUT2D eigenvalue weighted by atomic mass is 10.1. The summed E-state index contributed by atoms with van der Waals surface area (Å²) >= 11 is 0. The number of methoxy groups -OCH3 is 2. The number of nitrogens with zero attached hydrogens (tertiary/aromatic N) is 1. The van der Waals surface area contributed by atoms with Crippen LogP contribution in [0.3, 0.4) is 0 Å². The lowest BCUT2D eigenvalue weighted by Crippen LogP contribution is -2.27. The van der Waals surface area contributed by atoms with Crippen LogP contribution in [-0.4, -0.2) is 32.5 Å². The Morgan fingerprint density at radius 3 is 2.30 bits per heavy atom. The maximum Gasteiger partial charge on any atom is 0.573 e. The molecule has 0 N–H and O–H groups in total. The number of carbonyl (C=O) groups excluding carboxylic acids is 2. The van der Waals surface area contributed by atoms with Crippen molar-refractivity contribution < 1.29 is 41.4 Å². The van der Waals surface area contributed by atoms with Gasteiger partial charge in [-0.3, -0.25) is 0 Å². The van der Waals surface area contributed by atoms with Gasteiger partial charge in [0.1, 0.15) is 17.3 Å². The first-order chi connectivity index (χ1) is 12.7. The van der Waals surface area contributed by atoms with E-state index in [0.29, 0.717) is 0 Å². The fraction of sp³-hybridized carbons (Fsp3) is 0.176. The molecular weight excluding hydrogens is 374 g/mol. The van der Waals surface area contributed by atoms with E-state index in [2.05, 4.69) is 14.2 Å². The van der Waals surface area contributed by atoms with Crippen LogP contribution in [0.15, 0.2) is 53.9 Å². The van der Waals surface area contributed by atoms with E-state index in [9.17, 15) is 27.2 Å². The molecule has 0 amide bonds. The van der Waals surface area contributed by atoms with Gasteiger partial charge in [0.2, 0.25) is 0 Å². The van der Waals surface area contributed by atoms with Crippen molar-refractivity contribution in [3.63, 3.8) is 0 Å². The minimum atomic E-state index is -5.00. The largest absolute Gasteiger partial charge is 0.573 e. The van der Waals surface area contributed by atoms with Crippen LogP contribution in [0.4, 0.5) is 23.2 Å². The molecule has 1 aliphatic heterocycles. The molecule has 1 aromatic carbocycles. The highest BCUT2D eigenvalue weighted by molar-refractivity contribution is 6.05. The summed E-state index contributed by atoms with van der Waals surface area (Å²) in [4.78, 5) is 25.1. The molecule has 0 spiro atoms. The van der Waals surface area contributed by atoms with E-state index in [-0.39, 0.29) is 5.57 Å². The zero-order chi connectivity index (χ0) is 20.2. The standard InChI is InChI=1S/C17H13F4NO5/c1-25-15(23)11-5-3-4-8-22(14(11)16(24)26-2)13-9-10(6-7-12(13)18)27-17(19,20)21/h3-9H,1-2H3. The van der Waals surface area contributed by atoms with Gasteiger partial charge in [-0.2, -0.15) is 0 Å². The Kier molecular flexibility index (Phi) is 5.88. The Morgan fingerprint density at radius 2 is 1.70 bits per heavy atom. The second-order valence-corrected chi connectivity index (χ2v) is 4.98. The van der Waals surface area contributed by atoms with Gasteiger partial charge in [0.05, 0.1) is 25.5 Å². The molecule has 2 rings (SSSR count). The van der Waals surface area contributed by atoms with Crippen LogP contribution in [0.1, 0.15) is 0 Å². The summed E-state index contributed by atoms with van der Waals surface area (Å²) in [6.45, 7) is 0. The fourth-order valence-electron chi connectivity index (χ4n) is 2.23. The number of anilines is 1. The van der Waals surface area contributed by atoms with Crippen molar-refractivity contribution >= 4 is 17.6 Å². The van der Waals surface area contributed by atoms with Crippen molar-refractivity contribution in [1.82, 2.24) is 0 Å². The van der Waals surface area contributed by atoms with Gasteiger partial charge in [-0.25, -0.2) is 14.0 Å². The molecule has 10 heteroatoms. The number of allylic oxidation sites excluding steroid dienone is 2. The van der Waals surface area contributed by atoms with Crippen LogP contribution in [0.2, 0.25) is 0 Å². The zero-order valence-corrected chi connectivity index (χ0v) is 14.0. The SMILES string of the molecule is COC(=O)C1=C(C(=O)OC)N(c2cc(OC(F)(F)F)ccc2F)C=CC=C1. The van der Waals surface area contributed by atoms with Gasteiger partial charge in [0, 0.05) is 12.3 Å². The molecule has 0 atom stereocenters. The number of rotatable bonds is 4. The first kappa shape index (κ1) is 20.0. The number of halogens is 4. The van der Waals surface area contributed by atoms with E-state index < -0.39 is 41.3 Å². The van der Waals surface area contributed by atoms with Gasteiger partial charge in [-0.15, -0.1) is 13.2 Å². The molecule has 0 saturated carbocycles. The van der Waals surface area contributed by atoms with Crippen molar-refractivity contribution in [3.05, 3.63) is 59.7 Å². The number of carbonyl (C=O) groups is 2. The summed E-state index contributed by atoms with van der Waals surface area (Å²) in [6.07, 6.45) is 0.110. The predicted octanol–water partition coefficient (Wildman–Crippen LogP) is 3.21. The Morgan fingerprint density at radius 1 is 1.04 bits per heavy atom. The van der Waals surface area contributed by atoms with Crippen molar-refractivity contribution in [2.75, 3.05) is 19.1 Å². The van der Waals surface area contributed by atoms with Crippen LogP contribution in [0, 0.1) is 5.82 Å². The van der Waals surface area contributed by atoms with E-state index >= 15 is 0 Å². The molecule has 0 aromatic heterocycles. The molecule has 27 heavy (non-hydrogen) atoms. The van der Waals surface area contributed by atoms with Gasteiger partial charge in [0.15, 0.2) is 0 Å². The number of ether oxygens (including phenoxy) is 3. The third-order valence-corrected chi connectivity index (χ3v) is 3.30. The first-order valence-corrected chi connectivity index (χ1v) is 7.28. The Hall–Kier alpha value is -3.30. The van der Waals surface area contributed by atoms with Gasteiger partial charge < -0.3 is 19.1 Å². The Balaban J connectivity index is 2.65. The second-order valence-electron chi connectivity index (χ2n) is 4.98. The van der Waals surface area contributed by atoms with Crippen LogP contribution in [0.25, 0.3) is 0 Å². The minimum absolute atomic E-state index is 0.282. The van der Waals surface area contributed by atoms with Crippen molar-refractivity contribution in [1.29, 1.82) is 0 Å². The highest BCUT2D eigenvalue weighted by Gasteiger charge is 2.33. The summed E-state index contributed by atoms with van der Waals surface area (Å²) < 4.78 is 64.7. The maximum atomic E-state index is 14.3. The number of hydrogen-bond acceptors (Lipinski definition) is 6. The molecule has 1 heterocycles. The van der Waals surface area contributed by atoms with Crippen LogP contribution < -0.4 is 9.64 Å². The van der Waals surface area contributed by atoms with Crippen LogP contribution >= 0.6 is 0 Å². The van der Waals surface area contributed by atoms with Gasteiger partial charge >= 0.3 is 18.3 Å². The average Bonchev–Trinajstić information content (AvgIpc) is 2.83. The summed E-state index contributed by atoms with van der Waals surface area (Å²) in [6, 6.07) is 2.24. The summed E-state index contributed by atoms with van der Waals surface area (Å²) in [5.74, 6) is -3.65. The molecule has 0 bridgehead atoms. The van der Waals surface area contributed by atoms with Gasteiger partial charge in [-0.1, -0.05) is 6.08 Å². The van der Waals surface area contributed by atoms with Gasteiger partial charge in [-0.05, 0) is 24.3 Å². The highest BCUT2D eigenvalue weighted by Crippen LogP contribution is 2.33. The predicted molar refractivity (Wildman–Crippen MR) is 84.9 cm³/mol. The Bertz CT molecular complexity index is 842. The average molecular weight is 387 g/mol. The summed E-state index contributed by atoms with van der Waals surface area (Å²) in [5, 5.41) is 0. The van der Waals surface area contributed by atoms with Crippen molar-refractivity contribution in [2.24, 2.45) is 0 Å². The summed E-state index contributed by atoms with van der Waals surface area (Å²) in [7, 11) is 2.10. The Labute approximate surface area is 150 Å². The summed E-state index contributed by atoms with van der Waals surface area (Å²) in [5.41, 5.74) is -1.20. The molecule has 1 aromatic rings. The van der Waals surface area contributed by atoms with E-state index in [1.165, 1.54) is 24.4 Å². The van der Waals surface area contributed by atoms with Crippen molar-refractivity contribution in [2.45, 2.75) is 6.36 Å². The zero-order valence-electron chi connectivity index (χ0n) is 14.0. The molecule has 6 nitrogen and oxygen atoms in total. The molecule has 0 radical (unpaired) electrons. The normalized spacial score (nSPS) is 14.1. The van der Waals surface area contributed by atoms with Crippen molar-refractivity contribution in [3.8, 4) is 5.75 Å². The van der Waals surface area contributed by atoms with E-state index in [1.807, 2.05) is 0 Å². The minimum Gasteiger partial charge on any atom is -0.465 e. The number of hydrogen-bond donors (Lipinski definition) is 0. The first-order valence-electron chi connectivity index (χ1n) is 7.28. The van der Waals surface area contributed by atoms with E-state index in [0.717, 1.165) is 37.3 Å². The maximum absolute atomic E-state index is 14.3. The number of esters is 2. The molecule has 0 unspecified atom stereocenters. The van der Waals surface area contributed by atoms with E-state index in [4.69, 9.17) is 0 Å². The van der Waals surface area contributed by atoms with Crippen LogP contribution in [-0.2, 0) is 19.1 Å².